The van der Waals surface area contributed by atoms with Crippen LogP contribution in [0.3, 0.4) is 0 Å². The number of alkyl halides is 3. The van der Waals surface area contributed by atoms with Crippen molar-refractivity contribution in [1.29, 1.82) is 0 Å². The highest BCUT2D eigenvalue weighted by atomic mass is 19.4. The lowest BCUT2D eigenvalue weighted by Gasteiger charge is -2.30. The number of aromatic amines is 1. The first-order valence-electron chi connectivity index (χ1n) is 12.3. The number of carbonyl (C=O) groups excluding carboxylic acids is 3. The molecule has 1 aromatic carbocycles. The van der Waals surface area contributed by atoms with Crippen LogP contribution in [0.1, 0.15) is 69.8 Å². The van der Waals surface area contributed by atoms with Gasteiger partial charge in [-0.25, -0.2) is 4.39 Å². The Morgan fingerprint density at radius 3 is 2.43 bits per heavy atom. The topological polar surface area (TPSA) is 118 Å². The van der Waals surface area contributed by atoms with E-state index in [-0.39, 0.29) is 30.5 Å². The van der Waals surface area contributed by atoms with E-state index >= 15 is 0 Å². The average Bonchev–Trinajstić information content (AvgIpc) is 3.29. The summed E-state index contributed by atoms with van der Waals surface area (Å²) in [7, 11) is 0. The van der Waals surface area contributed by atoms with Crippen molar-refractivity contribution in [3.63, 3.8) is 0 Å². The molecule has 1 fully saturated rings. The summed E-state index contributed by atoms with van der Waals surface area (Å²) in [6.07, 6.45) is -2.51. The second-order valence-electron chi connectivity index (χ2n) is 10.1. The first-order chi connectivity index (χ1) is 17.4. The molecule has 0 radical (unpaired) electrons. The molecule has 3 atom stereocenters. The monoisotopic (exact) mass is 525 g/mol. The number of rotatable bonds is 14. The summed E-state index contributed by atoms with van der Waals surface area (Å²) < 4.78 is 55.9. The molecule has 1 heterocycles. The van der Waals surface area contributed by atoms with Gasteiger partial charge in [0.2, 0.25) is 5.78 Å². The lowest BCUT2D eigenvalue weighted by Crippen LogP contribution is -2.47. The van der Waals surface area contributed by atoms with E-state index in [0.717, 1.165) is 43.5 Å². The Hall–Kier alpha value is -3.02. The first-order valence-corrected chi connectivity index (χ1v) is 12.3. The van der Waals surface area contributed by atoms with Gasteiger partial charge in [-0.3, -0.25) is 19.7 Å². The molecule has 37 heavy (non-hydrogen) atoms. The molecule has 202 valence electrons. The van der Waals surface area contributed by atoms with Gasteiger partial charge in [-0.2, -0.15) is 18.4 Å². The van der Waals surface area contributed by atoms with Crippen LogP contribution in [0, 0.1) is 23.6 Å². The number of nitrogens with one attached hydrogen (secondary N) is 2. The number of Topliss-reactive ketones (excluding diaryl/α,β-unsaturated/α-hetero) is 3. The Kier molecular flexibility index (Phi) is 9.63. The third-order valence-electron chi connectivity index (χ3n) is 6.57. The van der Waals surface area contributed by atoms with E-state index < -0.39 is 59.3 Å². The van der Waals surface area contributed by atoms with Gasteiger partial charge in [-0.15, -0.1) is 10.2 Å². The minimum atomic E-state index is -4.86. The van der Waals surface area contributed by atoms with Crippen LogP contribution in [0.2, 0.25) is 0 Å². The maximum atomic E-state index is 14.0. The highest BCUT2D eigenvalue weighted by Crippen LogP contribution is 2.36. The zero-order valence-corrected chi connectivity index (χ0v) is 20.7. The lowest BCUT2D eigenvalue weighted by molar-refractivity contribution is -0.161. The summed E-state index contributed by atoms with van der Waals surface area (Å²) >= 11 is 0. The molecule has 0 aliphatic heterocycles. The minimum Gasteiger partial charge on any atom is -0.298 e. The number of hydrogen-bond donors (Lipinski definition) is 2. The van der Waals surface area contributed by atoms with E-state index in [1.54, 1.807) is 13.8 Å². The first kappa shape index (κ1) is 28.5. The summed E-state index contributed by atoms with van der Waals surface area (Å²) in [5.74, 6) is -3.58. The van der Waals surface area contributed by atoms with Crippen LogP contribution in [-0.4, -0.2) is 50.2 Å². The molecule has 1 aromatic heterocycles. The maximum absolute atomic E-state index is 14.0. The predicted molar refractivity (Wildman–Crippen MR) is 125 cm³/mol. The lowest BCUT2D eigenvalue weighted by atomic mass is 9.75. The molecule has 0 saturated heterocycles. The van der Waals surface area contributed by atoms with Crippen molar-refractivity contribution in [2.75, 3.05) is 0 Å². The molecule has 2 N–H and O–H groups in total. The number of nitrogens with zero attached hydrogens (tertiary/aromatic N) is 3. The molecular weight excluding hydrogens is 494 g/mol. The van der Waals surface area contributed by atoms with Crippen LogP contribution < -0.4 is 5.32 Å². The third kappa shape index (κ3) is 8.24. The van der Waals surface area contributed by atoms with Crippen molar-refractivity contribution in [3.8, 4) is 0 Å². The fraction of sp³-hybridized carbons (Fsp3) is 0.600. The van der Waals surface area contributed by atoms with Crippen LogP contribution in [-0.2, 0) is 20.8 Å². The van der Waals surface area contributed by atoms with Crippen molar-refractivity contribution < 1.29 is 31.9 Å². The number of H-pyrrole nitrogens is 1. The molecule has 0 spiro atoms. The minimum absolute atomic E-state index is 0.0104. The highest BCUT2D eigenvalue weighted by molar-refractivity contribution is 6.38. The smallest absolute Gasteiger partial charge is 0.298 e. The average molecular weight is 526 g/mol. The van der Waals surface area contributed by atoms with E-state index in [2.05, 4.69) is 25.9 Å². The largest absolute Gasteiger partial charge is 0.407 e. The van der Waals surface area contributed by atoms with Crippen LogP contribution in [0.4, 0.5) is 17.6 Å². The Balaban J connectivity index is 1.86. The molecule has 0 amide bonds. The summed E-state index contributed by atoms with van der Waals surface area (Å²) in [5.41, 5.74) is -0.410. The van der Waals surface area contributed by atoms with Crippen LogP contribution >= 0.6 is 0 Å². The summed E-state index contributed by atoms with van der Waals surface area (Å²) in [6.45, 7) is 3.59. The van der Waals surface area contributed by atoms with E-state index in [4.69, 9.17) is 0 Å². The van der Waals surface area contributed by atoms with Crippen molar-refractivity contribution >= 4 is 17.3 Å². The number of aromatic nitrogens is 4. The van der Waals surface area contributed by atoms with Crippen LogP contribution in [0.25, 0.3) is 0 Å². The zero-order chi connectivity index (χ0) is 27.2. The fourth-order valence-corrected chi connectivity index (χ4v) is 4.48. The third-order valence-corrected chi connectivity index (χ3v) is 6.57. The highest BCUT2D eigenvalue weighted by Gasteiger charge is 2.44. The van der Waals surface area contributed by atoms with Gasteiger partial charge >= 0.3 is 6.18 Å². The van der Waals surface area contributed by atoms with E-state index in [1.165, 1.54) is 0 Å². The Morgan fingerprint density at radius 1 is 1.16 bits per heavy atom. The zero-order valence-electron chi connectivity index (χ0n) is 20.7. The summed E-state index contributed by atoms with van der Waals surface area (Å²) in [4.78, 5) is 38.9. The number of carbonyl (C=O) groups is 3. The molecule has 0 bridgehead atoms. The molecule has 12 heteroatoms. The molecule has 1 aliphatic rings. The predicted octanol–water partition coefficient (Wildman–Crippen LogP) is 4.09. The number of tetrazole rings is 1. The van der Waals surface area contributed by atoms with Gasteiger partial charge in [0.1, 0.15) is 11.9 Å². The number of hydrogen-bond acceptors (Lipinski definition) is 7. The number of benzene rings is 1. The van der Waals surface area contributed by atoms with Crippen molar-refractivity contribution in [3.05, 3.63) is 41.5 Å². The molecule has 1 aliphatic carbocycles. The molecule has 2 aromatic rings. The van der Waals surface area contributed by atoms with Gasteiger partial charge in [0.15, 0.2) is 17.4 Å². The van der Waals surface area contributed by atoms with Crippen molar-refractivity contribution in [2.24, 2.45) is 17.8 Å². The molecule has 8 nitrogen and oxygen atoms in total. The normalized spacial score (nSPS) is 16.7. The summed E-state index contributed by atoms with van der Waals surface area (Å²) in [6, 6.07) is 0.182. The van der Waals surface area contributed by atoms with E-state index in [9.17, 15) is 31.9 Å². The van der Waals surface area contributed by atoms with Gasteiger partial charge in [0.25, 0.3) is 0 Å². The van der Waals surface area contributed by atoms with E-state index in [1.807, 2.05) is 0 Å². The van der Waals surface area contributed by atoms with Crippen LogP contribution in [0.15, 0.2) is 24.3 Å². The molecule has 0 unspecified atom stereocenters. The van der Waals surface area contributed by atoms with Gasteiger partial charge in [-0.05, 0) is 36.0 Å². The van der Waals surface area contributed by atoms with Crippen molar-refractivity contribution in [1.82, 2.24) is 25.9 Å². The number of ketones is 3. The Labute approximate surface area is 212 Å². The quantitative estimate of drug-likeness (QED) is 0.282. The van der Waals surface area contributed by atoms with Gasteiger partial charge < -0.3 is 0 Å². The SMILES string of the molecule is CC(C)CC(=O)C(=O)[C@@H](CC(=O)[C@H](Cc1nn[nH]n1)N[C@@H](c1cccc(F)c1)C(F)(F)F)CC1CCC1. The second kappa shape index (κ2) is 12.5. The maximum Gasteiger partial charge on any atom is 0.407 e. The molecule has 1 saturated carbocycles. The van der Waals surface area contributed by atoms with Gasteiger partial charge in [0.05, 0.1) is 6.04 Å². The van der Waals surface area contributed by atoms with E-state index in [0.29, 0.717) is 6.42 Å². The standard InChI is InChI=1S/C25H31F4N5O3/c1-14(2)9-21(36)23(37)17(10-15-5-3-6-15)12-20(35)19(13-22-31-33-34-32-22)30-24(25(27,28)29)16-7-4-8-18(26)11-16/h4,7-8,11,14-15,17,19,24,30H,3,5-6,9-10,12-13H2,1-2H3,(H,31,32,33,34)/t17-,19+,24+/m1/s1. The molecular formula is C25H31F4N5O3. The number of halogens is 4. The summed E-state index contributed by atoms with van der Waals surface area (Å²) in [5, 5.41) is 15.4. The Morgan fingerprint density at radius 2 is 1.89 bits per heavy atom. The van der Waals surface area contributed by atoms with Gasteiger partial charge in [-0.1, -0.05) is 50.5 Å². The van der Waals surface area contributed by atoms with Crippen molar-refractivity contribution in [2.45, 2.75) is 77.1 Å². The van der Waals surface area contributed by atoms with Crippen LogP contribution in [0.5, 0.6) is 0 Å². The van der Waals surface area contributed by atoms with Gasteiger partial charge in [0, 0.05) is 25.2 Å². The molecule has 3 rings (SSSR count). The second-order valence-corrected chi connectivity index (χ2v) is 10.1. The Bertz CT molecular complexity index is 1070. The fourth-order valence-electron chi connectivity index (χ4n) is 4.48.